The van der Waals surface area contributed by atoms with Crippen LogP contribution in [0.3, 0.4) is 0 Å². The monoisotopic (exact) mass is 375 g/mol. The Bertz CT molecular complexity index is 916. The Labute approximate surface area is 154 Å². The van der Waals surface area contributed by atoms with E-state index in [1.54, 1.807) is 11.4 Å². The summed E-state index contributed by atoms with van der Waals surface area (Å²) in [4.78, 5) is 16.5. The van der Waals surface area contributed by atoms with Crippen LogP contribution in [0.15, 0.2) is 28.1 Å². The molecule has 0 saturated carbocycles. The third-order valence-corrected chi connectivity index (χ3v) is 4.73. The number of aromatic nitrogens is 2. The third kappa shape index (κ3) is 3.91. The molecule has 8 heteroatoms. The van der Waals surface area contributed by atoms with E-state index in [9.17, 15) is 9.18 Å². The number of nitrogens with zero attached hydrogens (tertiary/aromatic N) is 2. The second kappa shape index (κ2) is 7.65. The van der Waals surface area contributed by atoms with E-state index in [2.05, 4.69) is 15.5 Å². The molecule has 2 heterocycles. The first-order chi connectivity index (χ1) is 12.5. The number of amides is 1. The van der Waals surface area contributed by atoms with Gasteiger partial charge in [-0.05, 0) is 38.5 Å². The van der Waals surface area contributed by atoms with Crippen LogP contribution in [0.1, 0.15) is 23.4 Å². The molecule has 0 atom stereocenters. The van der Waals surface area contributed by atoms with Crippen molar-refractivity contribution in [2.24, 2.45) is 0 Å². The number of halogens is 1. The van der Waals surface area contributed by atoms with Crippen molar-refractivity contribution < 1.29 is 18.4 Å². The molecule has 1 N–H and O–H groups in total. The van der Waals surface area contributed by atoms with Crippen LogP contribution in [0.2, 0.25) is 0 Å². The van der Waals surface area contributed by atoms with Gasteiger partial charge < -0.3 is 14.6 Å². The van der Waals surface area contributed by atoms with E-state index in [0.29, 0.717) is 35.0 Å². The zero-order valence-electron chi connectivity index (χ0n) is 14.6. The Kier molecular flexibility index (Phi) is 5.32. The Morgan fingerprint density at radius 3 is 2.88 bits per heavy atom. The summed E-state index contributed by atoms with van der Waals surface area (Å²) in [7, 11) is 1.51. The number of carbonyl (C=O) groups is 1. The van der Waals surface area contributed by atoms with Crippen molar-refractivity contribution >= 4 is 22.4 Å². The number of carbonyl (C=O) groups excluding carboxylic acids is 1. The third-order valence-electron chi connectivity index (χ3n) is 3.97. The summed E-state index contributed by atoms with van der Waals surface area (Å²) in [6.07, 6.45) is 0.837. The lowest BCUT2D eigenvalue weighted by Crippen LogP contribution is -2.12. The summed E-state index contributed by atoms with van der Waals surface area (Å²) >= 11 is 1.28. The standard InChI is InChI=1S/C18H18FN3O3S/c1-10-13(11(2)25-22-10)5-7-17(23)21-18-20-15(9-26-18)14-8-12(19)4-6-16(14)24-3/h4,6,8-9H,5,7H2,1-3H3,(H,20,21,23). The molecule has 0 saturated heterocycles. The number of thiazole rings is 1. The van der Waals surface area contributed by atoms with Gasteiger partial charge in [-0.3, -0.25) is 4.79 Å². The molecule has 0 unspecified atom stereocenters. The highest BCUT2D eigenvalue weighted by molar-refractivity contribution is 7.14. The fraction of sp³-hybridized carbons (Fsp3) is 0.278. The van der Waals surface area contributed by atoms with Gasteiger partial charge in [0.1, 0.15) is 17.3 Å². The van der Waals surface area contributed by atoms with Crippen molar-refractivity contribution in [2.45, 2.75) is 26.7 Å². The molecule has 0 fully saturated rings. The molecule has 0 aliphatic carbocycles. The van der Waals surface area contributed by atoms with Crippen LogP contribution < -0.4 is 10.1 Å². The highest BCUT2D eigenvalue weighted by Crippen LogP contribution is 2.32. The number of hydrogen-bond acceptors (Lipinski definition) is 6. The average Bonchev–Trinajstić information content (AvgIpc) is 3.20. The van der Waals surface area contributed by atoms with Crippen molar-refractivity contribution in [1.82, 2.24) is 10.1 Å². The predicted molar refractivity (Wildman–Crippen MR) is 97.0 cm³/mol. The molecule has 1 amide bonds. The fourth-order valence-corrected chi connectivity index (χ4v) is 3.34. The second-order valence-corrected chi connectivity index (χ2v) is 6.59. The Balaban J connectivity index is 1.67. The molecule has 0 aliphatic heterocycles. The molecule has 3 rings (SSSR count). The van der Waals surface area contributed by atoms with Crippen LogP contribution in [0.4, 0.5) is 9.52 Å². The summed E-state index contributed by atoms with van der Waals surface area (Å²) in [6.45, 7) is 3.68. The number of benzene rings is 1. The number of ether oxygens (including phenoxy) is 1. The van der Waals surface area contributed by atoms with Gasteiger partial charge in [-0.2, -0.15) is 0 Å². The highest BCUT2D eigenvalue weighted by atomic mass is 32.1. The number of aryl methyl sites for hydroxylation is 2. The smallest absolute Gasteiger partial charge is 0.226 e. The molecular weight excluding hydrogens is 357 g/mol. The van der Waals surface area contributed by atoms with E-state index in [-0.39, 0.29) is 11.7 Å². The lowest BCUT2D eigenvalue weighted by atomic mass is 10.1. The number of methoxy groups -OCH3 is 1. The molecule has 0 spiro atoms. The van der Waals surface area contributed by atoms with E-state index in [1.165, 1.54) is 30.6 Å². The van der Waals surface area contributed by atoms with Crippen molar-refractivity contribution in [3.05, 3.63) is 46.4 Å². The first kappa shape index (κ1) is 18.1. The van der Waals surface area contributed by atoms with Crippen molar-refractivity contribution in [2.75, 3.05) is 12.4 Å². The second-order valence-electron chi connectivity index (χ2n) is 5.73. The van der Waals surface area contributed by atoms with Gasteiger partial charge in [-0.25, -0.2) is 9.37 Å². The van der Waals surface area contributed by atoms with Crippen LogP contribution in [0, 0.1) is 19.7 Å². The van der Waals surface area contributed by atoms with E-state index in [1.807, 2.05) is 13.8 Å². The van der Waals surface area contributed by atoms with Gasteiger partial charge in [-0.1, -0.05) is 5.16 Å². The molecule has 2 aromatic heterocycles. The molecule has 0 radical (unpaired) electrons. The molecule has 1 aromatic carbocycles. The first-order valence-electron chi connectivity index (χ1n) is 7.99. The zero-order chi connectivity index (χ0) is 18.7. The normalized spacial score (nSPS) is 10.8. The van der Waals surface area contributed by atoms with Crippen molar-refractivity contribution in [3.8, 4) is 17.0 Å². The van der Waals surface area contributed by atoms with Crippen LogP contribution >= 0.6 is 11.3 Å². The van der Waals surface area contributed by atoms with Gasteiger partial charge in [0, 0.05) is 22.9 Å². The SMILES string of the molecule is COc1ccc(F)cc1-c1csc(NC(=O)CCc2c(C)noc2C)n1. The minimum absolute atomic E-state index is 0.155. The number of rotatable bonds is 6. The van der Waals surface area contributed by atoms with Gasteiger partial charge in [0.05, 0.1) is 18.5 Å². The predicted octanol–water partition coefficient (Wildman–Crippen LogP) is 4.13. The zero-order valence-corrected chi connectivity index (χ0v) is 15.4. The van der Waals surface area contributed by atoms with Gasteiger partial charge >= 0.3 is 0 Å². The number of hydrogen-bond donors (Lipinski definition) is 1. The van der Waals surface area contributed by atoms with E-state index in [0.717, 1.165) is 17.0 Å². The maximum atomic E-state index is 13.5. The van der Waals surface area contributed by atoms with Crippen LogP contribution in [-0.4, -0.2) is 23.2 Å². The molecule has 6 nitrogen and oxygen atoms in total. The van der Waals surface area contributed by atoms with E-state index < -0.39 is 0 Å². The molecule has 26 heavy (non-hydrogen) atoms. The number of anilines is 1. The van der Waals surface area contributed by atoms with Crippen LogP contribution in [0.25, 0.3) is 11.3 Å². The van der Waals surface area contributed by atoms with E-state index >= 15 is 0 Å². The minimum Gasteiger partial charge on any atom is -0.496 e. The fourth-order valence-electron chi connectivity index (χ4n) is 2.61. The van der Waals surface area contributed by atoms with E-state index in [4.69, 9.17) is 9.26 Å². The van der Waals surface area contributed by atoms with Crippen molar-refractivity contribution in [3.63, 3.8) is 0 Å². The summed E-state index contributed by atoms with van der Waals surface area (Å²) in [6, 6.07) is 4.23. The first-order valence-corrected chi connectivity index (χ1v) is 8.87. The molecule has 0 bridgehead atoms. The molecule has 136 valence electrons. The minimum atomic E-state index is -0.376. The molecule has 0 aliphatic rings. The van der Waals surface area contributed by atoms with Gasteiger partial charge in [0.25, 0.3) is 0 Å². The number of nitrogens with one attached hydrogen (secondary N) is 1. The van der Waals surface area contributed by atoms with Crippen LogP contribution in [0.5, 0.6) is 5.75 Å². The quantitative estimate of drug-likeness (QED) is 0.701. The Hall–Kier alpha value is -2.74. The Morgan fingerprint density at radius 1 is 1.38 bits per heavy atom. The molecule has 3 aromatic rings. The molecular formula is C18H18FN3O3S. The maximum absolute atomic E-state index is 13.5. The van der Waals surface area contributed by atoms with Gasteiger partial charge in [-0.15, -0.1) is 11.3 Å². The largest absolute Gasteiger partial charge is 0.496 e. The average molecular weight is 375 g/mol. The summed E-state index contributed by atoms with van der Waals surface area (Å²) in [5.41, 5.74) is 2.84. The van der Waals surface area contributed by atoms with Crippen LogP contribution in [-0.2, 0) is 11.2 Å². The summed E-state index contributed by atoms with van der Waals surface area (Å²) in [5.74, 6) is 0.717. The lowest BCUT2D eigenvalue weighted by molar-refractivity contribution is -0.116. The topological polar surface area (TPSA) is 77.2 Å². The Morgan fingerprint density at radius 2 is 2.19 bits per heavy atom. The van der Waals surface area contributed by atoms with Gasteiger partial charge in [0.2, 0.25) is 5.91 Å². The summed E-state index contributed by atoms with van der Waals surface area (Å²) < 4.78 is 23.9. The highest BCUT2D eigenvalue weighted by Gasteiger charge is 2.14. The summed E-state index contributed by atoms with van der Waals surface area (Å²) in [5, 5.41) is 8.85. The lowest BCUT2D eigenvalue weighted by Gasteiger charge is -2.06. The maximum Gasteiger partial charge on any atom is 0.226 e. The van der Waals surface area contributed by atoms with Crippen molar-refractivity contribution in [1.29, 1.82) is 0 Å². The van der Waals surface area contributed by atoms with Gasteiger partial charge in [0.15, 0.2) is 5.13 Å².